The van der Waals surface area contributed by atoms with Gasteiger partial charge in [0.15, 0.2) is 0 Å². The van der Waals surface area contributed by atoms with Crippen LogP contribution < -0.4 is 5.32 Å². The number of aliphatic imine (C=N–C) groups is 1. The number of hydrogen-bond donors (Lipinski definition) is 1. The van der Waals surface area contributed by atoms with Crippen molar-refractivity contribution in [3.05, 3.63) is 70.4 Å². The van der Waals surface area contributed by atoms with Crippen LogP contribution in [0.4, 0.5) is 14.9 Å². The second-order valence-corrected chi connectivity index (χ2v) is 5.89. The predicted octanol–water partition coefficient (Wildman–Crippen LogP) is 4.66. The van der Waals surface area contributed by atoms with Crippen LogP contribution in [0.5, 0.6) is 0 Å². The molecule has 2 aromatic carbocycles. The zero-order valence-corrected chi connectivity index (χ0v) is 12.7. The Bertz CT molecular complexity index is 782. The fourth-order valence-corrected chi connectivity index (χ4v) is 2.79. The van der Waals surface area contributed by atoms with E-state index in [1.165, 1.54) is 12.1 Å². The van der Waals surface area contributed by atoms with E-state index >= 15 is 0 Å². The molecule has 0 spiro atoms. The van der Waals surface area contributed by atoms with Gasteiger partial charge in [0.05, 0.1) is 10.6 Å². The summed E-state index contributed by atoms with van der Waals surface area (Å²) in [6, 6.07) is 13.8. The smallest absolute Gasteiger partial charge is 0.289 e. The van der Waals surface area contributed by atoms with Crippen LogP contribution in [0.15, 0.2) is 58.4 Å². The van der Waals surface area contributed by atoms with Crippen LogP contribution in [0.2, 0.25) is 0 Å². The molecule has 110 valence electrons. The largest absolute Gasteiger partial charge is 0.300 e. The van der Waals surface area contributed by atoms with Gasteiger partial charge in [0.2, 0.25) is 0 Å². The van der Waals surface area contributed by atoms with E-state index < -0.39 is 0 Å². The molecule has 0 radical (unpaired) electrons. The molecule has 0 saturated carbocycles. The third-order valence-corrected chi connectivity index (χ3v) is 3.89. The zero-order chi connectivity index (χ0) is 15.5. The molecule has 1 amide bonds. The van der Waals surface area contributed by atoms with Crippen LogP contribution >= 0.6 is 11.8 Å². The van der Waals surface area contributed by atoms with Crippen LogP contribution in [0.1, 0.15) is 11.1 Å². The van der Waals surface area contributed by atoms with Crippen LogP contribution in [0.25, 0.3) is 6.08 Å². The number of aryl methyl sites for hydroxylation is 1. The van der Waals surface area contributed by atoms with Crippen LogP contribution in [-0.2, 0) is 0 Å². The summed E-state index contributed by atoms with van der Waals surface area (Å²) in [5, 5.41) is 2.57. The third kappa shape index (κ3) is 3.43. The third-order valence-electron chi connectivity index (χ3n) is 3.07. The van der Waals surface area contributed by atoms with E-state index in [9.17, 15) is 9.18 Å². The molecule has 0 aromatic heterocycles. The SMILES string of the molecule is Cc1cccc(N=C2NC(=O)S/C2=C\c2ccc(F)cc2)c1. The Kier molecular flexibility index (Phi) is 4.06. The summed E-state index contributed by atoms with van der Waals surface area (Å²) in [6.07, 6.45) is 1.82. The number of thioether (sulfide) groups is 1. The molecule has 0 bridgehead atoms. The summed E-state index contributed by atoms with van der Waals surface area (Å²) in [4.78, 5) is 16.8. The van der Waals surface area contributed by atoms with Gasteiger partial charge in [0.25, 0.3) is 5.24 Å². The van der Waals surface area contributed by atoms with Crippen LogP contribution in [0, 0.1) is 12.7 Å². The molecule has 3 nitrogen and oxygen atoms in total. The summed E-state index contributed by atoms with van der Waals surface area (Å²) in [7, 11) is 0. The lowest BCUT2D eigenvalue weighted by molar-refractivity contribution is 0.265. The Labute approximate surface area is 132 Å². The van der Waals surface area contributed by atoms with E-state index in [1.54, 1.807) is 12.1 Å². The molecule has 5 heteroatoms. The second-order valence-electron chi connectivity index (χ2n) is 4.87. The number of nitrogens with zero attached hydrogens (tertiary/aromatic N) is 1. The summed E-state index contributed by atoms with van der Waals surface area (Å²) in [5.74, 6) is 0.231. The van der Waals surface area contributed by atoms with Gasteiger partial charge in [-0.25, -0.2) is 9.38 Å². The summed E-state index contributed by atoms with van der Waals surface area (Å²) in [5.41, 5.74) is 2.70. The average Bonchev–Trinajstić information content (AvgIpc) is 2.81. The molecule has 22 heavy (non-hydrogen) atoms. The molecular weight excluding hydrogens is 299 g/mol. The van der Waals surface area contributed by atoms with E-state index in [0.717, 1.165) is 33.5 Å². The van der Waals surface area contributed by atoms with Crippen molar-refractivity contribution in [1.29, 1.82) is 0 Å². The van der Waals surface area contributed by atoms with Gasteiger partial charge in [-0.3, -0.25) is 4.79 Å². The fraction of sp³-hybridized carbons (Fsp3) is 0.0588. The Morgan fingerprint density at radius 3 is 2.68 bits per heavy atom. The first-order valence-corrected chi connectivity index (χ1v) is 7.54. The van der Waals surface area contributed by atoms with Gasteiger partial charge in [0.1, 0.15) is 11.7 Å². The maximum absolute atomic E-state index is 12.9. The highest BCUT2D eigenvalue weighted by Crippen LogP contribution is 2.28. The van der Waals surface area contributed by atoms with Gasteiger partial charge in [0, 0.05) is 0 Å². The number of nitrogens with one attached hydrogen (secondary N) is 1. The molecule has 1 heterocycles. The molecule has 0 aliphatic carbocycles. The predicted molar refractivity (Wildman–Crippen MR) is 88.8 cm³/mol. The van der Waals surface area contributed by atoms with Crippen molar-refractivity contribution in [1.82, 2.24) is 5.32 Å². The lowest BCUT2D eigenvalue weighted by Gasteiger charge is -2.01. The number of benzene rings is 2. The fourth-order valence-electron chi connectivity index (χ4n) is 2.05. The minimum atomic E-state index is -0.288. The van der Waals surface area contributed by atoms with Gasteiger partial charge in [-0.05, 0) is 60.2 Å². The van der Waals surface area contributed by atoms with E-state index in [2.05, 4.69) is 10.3 Å². The first kappa shape index (κ1) is 14.5. The van der Waals surface area contributed by atoms with Crippen molar-refractivity contribution in [2.75, 3.05) is 0 Å². The summed E-state index contributed by atoms with van der Waals surface area (Å²) < 4.78 is 12.9. The monoisotopic (exact) mass is 312 g/mol. The normalized spacial score (nSPS) is 18.0. The van der Waals surface area contributed by atoms with Crippen molar-refractivity contribution < 1.29 is 9.18 Å². The molecule has 3 rings (SSSR count). The van der Waals surface area contributed by atoms with E-state index in [-0.39, 0.29) is 11.1 Å². The van der Waals surface area contributed by atoms with E-state index in [0.29, 0.717) is 5.84 Å². The van der Waals surface area contributed by atoms with E-state index in [1.807, 2.05) is 37.3 Å². The average molecular weight is 312 g/mol. The molecule has 2 aromatic rings. The molecule has 1 N–H and O–H groups in total. The highest BCUT2D eigenvalue weighted by atomic mass is 32.2. The zero-order valence-electron chi connectivity index (χ0n) is 11.8. The van der Waals surface area contributed by atoms with Crippen molar-refractivity contribution in [3.63, 3.8) is 0 Å². The van der Waals surface area contributed by atoms with Crippen molar-refractivity contribution in [2.45, 2.75) is 6.92 Å². The summed E-state index contributed by atoms with van der Waals surface area (Å²) in [6.45, 7) is 1.99. The van der Waals surface area contributed by atoms with Crippen molar-refractivity contribution in [3.8, 4) is 0 Å². The molecule has 1 aliphatic rings. The first-order valence-electron chi connectivity index (χ1n) is 6.72. The Balaban J connectivity index is 1.95. The van der Waals surface area contributed by atoms with Gasteiger partial charge in [-0.2, -0.15) is 0 Å². The highest BCUT2D eigenvalue weighted by Gasteiger charge is 2.23. The topological polar surface area (TPSA) is 41.5 Å². The Hall–Kier alpha value is -2.40. The van der Waals surface area contributed by atoms with Gasteiger partial charge < -0.3 is 5.32 Å². The van der Waals surface area contributed by atoms with Crippen molar-refractivity contribution >= 4 is 34.6 Å². The lowest BCUT2D eigenvalue weighted by Crippen LogP contribution is -2.18. The number of hydrogen-bond acceptors (Lipinski definition) is 3. The second kappa shape index (κ2) is 6.15. The molecule has 1 fully saturated rings. The molecule has 0 unspecified atom stereocenters. The minimum Gasteiger partial charge on any atom is -0.300 e. The maximum Gasteiger partial charge on any atom is 0.289 e. The number of halogens is 1. The van der Waals surface area contributed by atoms with E-state index in [4.69, 9.17) is 0 Å². The van der Waals surface area contributed by atoms with Gasteiger partial charge in [-0.15, -0.1) is 0 Å². The lowest BCUT2D eigenvalue weighted by atomic mass is 10.2. The standard InChI is InChI=1S/C17H13FN2OS/c1-11-3-2-4-14(9-11)19-16-15(22-17(21)20-16)10-12-5-7-13(18)8-6-12/h2-10H,1H3,(H,19,20,21)/b15-10-. The first-order chi connectivity index (χ1) is 10.6. The molecule has 1 saturated heterocycles. The minimum absolute atomic E-state index is 0.167. The number of amidine groups is 1. The van der Waals surface area contributed by atoms with Gasteiger partial charge >= 0.3 is 0 Å². The molecule has 0 atom stereocenters. The number of amides is 1. The Morgan fingerprint density at radius 1 is 1.18 bits per heavy atom. The Morgan fingerprint density at radius 2 is 1.95 bits per heavy atom. The molecular formula is C17H13FN2OS. The highest BCUT2D eigenvalue weighted by molar-refractivity contribution is 8.18. The number of rotatable bonds is 2. The maximum atomic E-state index is 12.9. The number of carbonyl (C=O) groups excluding carboxylic acids is 1. The summed E-state index contributed by atoms with van der Waals surface area (Å²) >= 11 is 1.08. The quantitative estimate of drug-likeness (QED) is 0.876. The number of carbonyl (C=O) groups is 1. The van der Waals surface area contributed by atoms with Crippen LogP contribution in [0.3, 0.4) is 0 Å². The van der Waals surface area contributed by atoms with Gasteiger partial charge in [-0.1, -0.05) is 24.3 Å². The van der Waals surface area contributed by atoms with Crippen LogP contribution in [-0.4, -0.2) is 11.1 Å². The van der Waals surface area contributed by atoms with Crippen molar-refractivity contribution in [2.24, 2.45) is 4.99 Å². The molecule has 1 aliphatic heterocycles.